The van der Waals surface area contributed by atoms with Gasteiger partial charge in [-0.15, -0.1) is 0 Å². The third kappa shape index (κ3) is 5.36. The lowest BCUT2D eigenvalue weighted by atomic mass is 9.74. The molecule has 44 heavy (non-hydrogen) atoms. The van der Waals surface area contributed by atoms with Crippen LogP contribution >= 0.6 is 27.5 Å². The van der Waals surface area contributed by atoms with Crippen molar-refractivity contribution in [3.05, 3.63) is 87.9 Å². The first-order chi connectivity index (χ1) is 21.2. The standard InChI is InChI=1S/C32H31BrClN3O7/c33-22-17-32-26-25(27(22)44-32)29(40)35-23(19-7-3-1-4-8-19)18-43-24(39)9-5-2-6-14-36(21-12-10-20(34)11-13-21)31(42)28(32)37(15-16-38)30(26)41/h1-4,6-8,10-13,17,23,25-28,38H,5,9,14-16,18H2,(H,35,40)/b6-2-/t23-,25-,26+,27-,28-,32+/m1/s1. The maximum atomic E-state index is 14.6. The first-order valence-electron chi connectivity index (χ1n) is 14.5. The van der Waals surface area contributed by atoms with Gasteiger partial charge in [-0.25, -0.2) is 0 Å². The first kappa shape index (κ1) is 30.5. The Bertz CT molecular complexity index is 1520. The lowest BCUT2D eigenvalue weighted by molar-refractivity contribution is -0.145. The Labute approximate surface area is 267 Å². The summed E-state index contributed by atoms with van der Waals surface area (Å²) in [6, 6.07) is 14.0. The number of amides is 3. The lowest BCUT2D eigenvalue weighted by Crippen LogP contribution is -2.56. The van der Waals surface area contributed by atoms with Crippen LogP contribution in [0.1, 0.15) is 24.4 Å². The quantitative estimate of drug-likeness (QED) is 0.374. The van der Waals surface area contributed by atoms with Crippen molar-refractivity contribution in [2.75, 3.05) is 31.2 Å². The number of fused-ring (bicyclic) bond motifs is 2. The first-order valence-corrected chi connectivity index (χ1v) is 15.6. The molecular formula is C32H31BrClN3O7. The van der Waals surface area contributed by atoms with E-state index in [0.717, 1.165) is 5.56 Å². The zero-order valence-electron chi connectivity index (χ0n) is 23.6. The molecule has 2 saturated heterocycles. The van der Waals surface area contributed by atoms with Gasteiger partial charge >= 0.3 is 5.97 Å². The average Bonchev–Trinajstić information content (AvgIpc) is 3.61. The predicted octanol–water partition coefficient (Wildman–Crippen LogP) is 3.29. The molecule has 4 aliphatic rings. The molecule has 6 rings (SSSR count). The molecule has 2 aromatic carbocycles. The molecule has 2 N–H and O–H groups in total. The summed E-state index contributed by atoms with van der Waals surface area (Å²) in [5.74, 6) is -3.80. The van der Waals surface area contributed by atoms with E-state index < -0.39 is 59.3 Å². The Hall–Kier alpha value is -3.51. The molecule has 4 aliphatic heterocycles. The maximum absolute atomic E-state index is 14.6. The number of esters is 1. The molecule has 5 bridgehead atoms. The van der Waals surface area contributed by atoms with Gasteiger partial charge in [-0.2, -0.15) is 0 Å². The van der Waals surface area contributed by atoms with Crippen LogP contribution in [0.25, 0.3) is 0 Å². The number of nitrogens with one attached hydrogen (secondary N) is 1. The van der Waals surface area contributed by atoms with E-state index in [1.165, 1.54) is 9.80 Å². The third-order valence-corrected chi connectivity index (χ3v) is 9.54. The molecule has 2 aromatic rings. The van der Waals surface area contributed by atoms with Gasteiger partial charge in [0, 0.05) is 34.7 Å². The van der Waals surface area contributed by atoms with Crippen LogP contribution in [0.3, 0.4) is 0 Å². The summed E-state index contributed by atoms with van der Waals surface area (Å²) in [7, 11) is 0. The SMILES string of the molecule is O=C1CC/C=C\CN(c2ccc(Cl)cc2)C(=O)[C@H]2N(CCO)C(=O)[C@@H]3[C@@H](C(=O)N[C@@H](c4ccccc4)CO1)[C@@H]1O[C@@]32C=C1Br. The summed E-state index contributed by atoms with van der Waals surface area (Å²) in [5, 5.41) is 13.4. The molecule has 3 amide bonds. The van der Waals surface area contributed by atoms with E-state index in [4.69, 9.17) is 21.1 Å². The number of aliphatic hydroxyl groups excluding tert-OH is 1. The van der Waals surface area contributed by atoms with E-state index in [-0.39, 0.29) is 32.7 Å². The number of hydrogen-bond donors (Lipinski definition) is 2. The van der Waals surface area contributed by atoms with Crippen molar-refractivity contribution in [2.45, 2.75) is 36.6 Å². The average molecular weight is 685 g/mol. The Morgan fingerprint density at radius 2 is 1.77 bits per heavy atom. The van der Waals surface area contributed by atoms with Crippen molar-refractivity contribution < 1.29 is 33.8 Å². The van der Waals surface area contributed by atoms with Gasteiger partial charge in [0.2, 0.25) is 11.8 Å². The van der Waals surface area contributed by atoms with Gasteiger partial charge in [-0.3, -0.25) is 19.2 Å². The van der Waals surface area contributed by atoms with Crippen LogP contribution in [0.15, 0.2) is 77.3 Å². The van der Waals surface area contributed by atoms with Crippen molar-refractivity contribution in [2.24, 2.45) is 11.8 Å². The fourth-order valence-electron chi connectivity index (χ4n) is 6.66. The van der Waals surface area contributed by atoms with Crippen LogP contribution in [0.5, 0.6) is 0 Å². The van der Waals surface area contributed by atoms with Crippen molar-refractivity contribution in [3.8, 4) is 0 Å². The molecule has 10 nitrogen and oxygen atoms in total. The van der Waals surface area contributed by atoms with Crippen LogP contribution in [0.2, 0.25) is 5.02 Å². The van der Waals surface area contributed by atoms with E-state index in [1.807, 2.05) is 30.3 Å². The summed E-state index contributed by atoms with van der Waals surface area (Å²) >= 11 is 9.68. The largest absolute Gasteiger partial charge is 0.463 e. The number of anilines is 1. The second kappa shape index (κ2) is 12.5. The van der Waals surface area contributed by atoms with E-state index in [2.05, 4.69) is 21.2 Å². The number of carbonyl (C=O) groups excluding carboxylic acids is 4. The summed E-state index contributed by atoms with van der Waals surface area (Å²) in [5.41, 5.74) is -0.189. The minimum absolute atomic E-state index is 0.0978. The number of rotatable bonds is 4. The molecule has 0 radical (unpaired) electrons. The molecule has 2 fully saturated rings. The molecule has 4 heterocycles. The van der Waals surface area contributed by atoms with Gasteiger partial charge in [0.05, 0.1) is 24.5 Å². The smallest absolute Gasteiger partial charge is 0.306 e. The Balaban J connectivity index is 1.44. The topological polar surface area (TPSA) is 125 Å². The van der Waals surface area contributed by atoms with Gasteiger partial charge in [0.15, 0.2) is 0 Å². The van der Waals surface area contributed by atoms with Gasteiger partial charge in [0.25, 0.3) is 5.91 Å². The minimum Gasteiger partial charge on any atom is -0.463 e. The second-order valence-corrected chi connectivity index (χ2v) is 12.5. The Morgan fingerprint density at radius 3 is 2.50 bits per heavy atom. The number of ether oxygens (including phenoxy) is 2. The van der Waals surface area contributed by atoms with Crippen LogP contribution < -0.4 is 10.2 Å². The zero-order chi connectivity index (χ0) is 31.0. The van der Waals surface area contributed by atoms with Gasteiger partial charge in [0.1, 0.15) is 24.4 Å². The molecule has 0 saturated carbocycles. The molecule has 0 unspecified atom stereocenters. The third-order valence-electron chi connectivity index (χ3n) is 8.61. The van der Waals surface area contributed by atoms with Crippen LogP contribution in [0.4, 0.5) is 5.69 Å². The van der Waals surface area contributed by atoms with Crippen molar-refractivity contribution >= 4 is 56.9 Å². The predicted molar refractivity (Wildman–Crippen MR) is 165 cm³/mol. The molecular weight excluding hydrogens is 654 g/mol. The molecule has 6 atom stereocenters. The molecule has 0 aromatic heterocycles. The highest BCUT2D eigenvalue weighted by Gasteiger charge is 2.74. The molecule has 1 spiro atoms. The molecule has 0 aliphatic carbocycles. The number of aliphatic hydroxyl groups is 1. The van der Waals surface area contributed by atoms with Gasteiger partial charge in [-0.1, -0.05) is 70.0 Å². The van der Waals surface area contributed by atoms with Gasteiger partial charge in [-0.05, 0) is 42.3 Å². The van der Waals surface area contributed by atoms with Crippen molar-refractivity contribution in [1.82, 2.24) is 10.2 Å². The molecule has 230 valence electrons. The zero-order valence-corrected chi connectivity index (χ0v) is 25.9. The lowest BCUT2D eigenvalue weighted by Gasteiger charge is -2.35. The Kier molecular flexibility index (Phi) is 8.65. The fourth-order valence-corrected chi connectivity index (χ4v) is 7.52. The minimum atomic E-state index is -1.45. The normalized spacial score (nSPS) is 31.4. The maximum Gasteiger partial charge on any atom is 0.306 e. The Morgan fingerprint density at radius 1 is 1.02 bits per heavy atom. The van der Waals surface area contributed by atoms with E-state index in [9.17, 15) is 24.3 Å². The highest BCUT2D eigenvalue weighted by molar-refractivity contribution is 9.11. The number of allylic oxidation sites excluding steroid dienone is 1. The number of benzene rings is 2. The number of halogens is 2. The van der Waals surface area contributed by atoms with Crippen molar-refractivity contribution in [1.29, 1.82) is 0 Å². The van der Waals surface area contributed by atoms with Crippen LogP contribution in [-0.4, -0.2) is 77.7 Å². The van der Waals surface area contributed by atoms with E-state index >= 15 is 0 Å². The number of β-amino-alcohol motifs (C(OH)–C–C–N with tert-alkyl or cyclic N) is 1. The second-order valence-electron chi connectivity index (χ2n) is 11.2. The van der Waals surface area contributed by atoms with Crippen molar-refractivity contribution in [3.63, 3.8) is 0 Å². The van der Waals surface area contributed by atoms with Crippen LogP contribution in [-0.2, 0) is 28.7 Å². The number of likely N-dealkylation sites (tertiary alicyclic amines) is 1. The van der Waals surface area contributed by atoms with E-state index in [0.29, 0.717) is 21.6 Å². The molecule has 12 heteroatoms. The summed E-state index contributed by atoms with van der Waals surface area (Å²) in [6.45, 7) is -0.471. The summed E-state index contributed by atoms with van der Waals surface area (Å²) in [4.78, 5) is 58.3. The highest BCUT2D eigenvalue weighted by Crippen LogP contribution is 2.58. The number of cyclic esters (lactones) is 1. The van der Waals surface area contributed by atoms with Crippen LogP contribution in [0, 0.1) is 11.8 Å². The van der Waals surface area contributed by atoms with E-state index in [1.54, 1.807) is 42.5 Å². The fraction of sp³-hybridized carbons (Fsp3) is 0.375. The summed E-state index contributed by atoms with van der Waals surface area (Å²) in [6.07, 6.45) is 4.98. The number of carbonyl (C=O) groups is 4. The monoisotopic (exact) mass is 683 g/mol. The highest BCUT2D eigenvalue weighted by atomic mass is 79.9. The van der Waals surface area contributed by atoms with Gasteiger partial charge < -0.3 is 29.7 Å². The summed E-state index contributed by atoms with van der Waals surface area (Å²) < 4.78 is 12.6. The number of nitrogens with zero attached hydrogens (tertiary/aromatic N) is 2. The number of hydrogen-bond acceptors (Lipinski definition) is 7.